The molecule has 12 heavy (non-hydrogen) atoms. The fraction of sp³-hybridized carbons (Fsp3) is 0.111. The molecule has 1 aromatic carbocycles. The van der Waals surface area contributed by atoms with Crippen molar-refractivity contribution in [1.82, 2.24) is 0 Å². The van der Waals surface area contributed by atoms with Crippen molar-refractivity contribution >= 4 is 0 Å². The summed E-state index contributed by atoms with van der Waals surface area (Å²) in [5.74, 6) is 0.349. The van der Waals surface area contributed by atoms with Crippen molar-refractivity contribution in [3.05, 3.63) is 42.5 Å². The van der Waals surface area contributed by atoms with Gasteiger partial charge >= 0.3 is 0 Å². The number of phenolic OH excluding ortho intramolecular Hbond substituents is 1. The number of rotatable bonds is 2. The molecule has 68 valence electrons. The lowest BCUT2D eigenvalue weighted by Gasteiger charge is -1.97. The van der Waals surface area contributed by atoms with Crippen LogP contribution in [0.4, 0.5) is 0 Å². The van der Waals surface area contributed by atoms with Crippen molar-refractivity contribution in [2.75, 3.05) is 0 Å². The minimum atomic E-state index is 0. The Hall–Kier alpha value is -0.280. The van der Waals surface area contributed by atoms with Crippen LogP contribution < -0.4 is 34.0 Å². The number of phenols is 1. The van der Waals surface area contributed by atoms with Gasteiger partial charge in [-0.3, -0.25) is 0 Å². The summed E-state index contributed by atoms with van der Waals surface area (Å²) in [5.41, 5.74) is 0.928. The maximum atomic E-state index is 9.19. The summed E-state index contributed by atoms with van der Waals surface area (Å²) in [5, 5.41) is 9.19. The van der Waals surface area contributed by atoms with E-state index in [1.54, 1.807) is 12.1 Å². The van der Waals surface area contributed by atoms with Crippen LogP contribution in [0.1, 0.15) is 5.56 Å². The Morgan fingerprint density at radius 3 is 2.33 bits per heavy atom. The molecule has 0 heterocycles. The molecular formula is C9H10Br2O-2. The molecule has 0 aliphatic carbocycles. The Kier molecular flexibility index (Phi) is 8.76. The first kappa shape index (κ1) is 14.3. The van der Waals surface area contributed by atoms with Gasteiger partial charge in [0.25, 0.3) is 0 Å². The summed E-state index contributed by atoms with van der Waals surface area (Å²) in [6.45, 7) is 3.59. The highest BCUT2D eigenvalue weighted by Crippen LogP contribution is 2.15. The zero-order valence-corrected chi connectivity index (χ0v) is 9.68. The molecule has 1 nitrogen and oxygen atoms in total. The van der Waals surface area contributed by atoms with E-state index in [4.69, 9.17) is 0 Å². The fourth-order valence-corrected chi connectivity index (χ4v) is 0.839. The molecular weight excluding hydrogens is 284 g/mol. The van der Waals surface area contributed by atoms with E-state index in [2.05, 4.69) is 6.58 Å². The van der Waals surface area contributed by atoms with E-state index < -0.39 is 0 Å². The molecule has 1 aromatic rings. The maximum Gasteiger partial charge on any atom is 0.119 e. The van der Waals surface area contributed by atoms with Gasteiger partial charge in [0.05, 0.1) is 0 Å². The van der Waals surface area contributed by atoms with Crippen LogP contribution in [-0.4, -0.2) is 5.11 Å². The Morgan fingerprint density at radius 1 is 1.25 bits per heavy atom. The number of halogens is 2. The average Bonchev–Trinajstić information content (AvgIpc) is 1.94. The summed E-state index contributed by atoms with van der Waals surface area (Å²) in [4.78, 5) is 0. The number of hydrogen-bond donors (Lipinski definition) is 1. The molecule has 0 spiro atoms. The highest BCUT2D eigenvalue weighted by molar-refractivity contribution is 5.32. The van der Waals surface area contributed by atoms with Crippen molar-refractivity contribution in [2.45, 2.75) is 6.42 Å². The maximum absolute atomic E-state index is 9.19. The summed E-state index contributed by atoms with van der Waals surface area (Å²) >= 11 is 0. The third kappa shape index (κ3) is 3.93. The average molecular weight is 294 g/mol. The lowest BCUT2D eigenvalue weighted by molar-refractivity contribution is -0.001000. The summed E-state index contributed by atoms with van der Waals surface area (Å²) in [7, 11) is 0. The molecule has 0 fully saturated rings. The molecule has 0 aromatic heterocycles. The van der Waals surface area contributed by atoms with Crippen molar-refractivity contribution in [3.63, 3.8) is 0 Å². The second kappa shape index (κ2) is 7.37. The van der Waals surface area contributed by atoms with Gasteiger partial charge in [-0.25, -0.2) is 0 Å². The largest absolute Gasteiger partial charge is 1.00 e. The normalized spacial score (nSPS) is 7.67. The monoisotopic (exact) mass is 292 g/mol. The van der Waals surface area contributed by atoms with E-state index >= 15 is 0 Å². The van der Waals surface area contributed by atoms with Gasteiger partial charge in [-0.15, -0.1) is 6.58 Å². The molecule has 1 rings (SSSR count). The standard InChI is InChI=1S/C9H10O.2BrH/c1-2-5-8-6-3-4-7-9(8)10;;/h2-4,6-7,10H,1,5H2;2*1H/p-2. The zero-order valence-electron chi connectivity index (χ0n) is 6.50. The Labute approximate surface area is 93.7 Å². The number of hydrogen-bond acceptors (Lipinski definition) is 1. The minimum Gasteiger partial charge on any atom is -1.00 e. The molecule has 3 heteroatoms. The van der Waals surface area contributed by atoms with Gasteiger partial charge in [-0.2, -0.15) is 0 Å². The quantitative estimate of drug-likeness (QED) is 0.554. The third-order valence-electron chi connectivity index (χ3n) is 1.36. The first-order valence-electron chi connectivity index (χ1n) is 3.22. The van der Waals surface area contributed by atoms with Gasteiger partial charge in [-0.1, -0.05) is 24.3 Å². The second-order valence-corrected chi connectivity index (χ2v) is 2.12. The van der Waals surface area contributed by atoms with Gasteiger partial charge < -0.3 is 39.1 Å². The fourth-order valence-electron chi connectivity index (χ4n) is 0.839. The SMILES string of the molecule is C=CCc1ccccc1O.[Br-].[Br-]. The first-order valence-corrected chi connectivity index (χ1v) is 3.22. The van der Waals surface area contributed by atoms with E-state index in [1.165, 1.54) is 0 Å². The number of para-hydroxylation sites is 1. The van der Waals surface area contributed by atoms with Crippen LogP contribution in [0, 0.1) is 0 Å². The zero-order chi connectivity index (χ0) is 7.40. The van der Waals surface area contributed by atoms with Gasteiger partial charge in [0, 0.05) is 0 Å². The first-order chi connectivity index (χ1) is 4.84. The molecule has 1 N–H and O–H groups in total. The molecule has 0 unspecified atom stereocenters. The highest BCUT2D eigenvalue weighted by Gasteiger charge is 1.93. The van der Waals surface area contributed by atoms with E-state index in [0.717, 1.165) is 12.0 Å². The molecule has 0 atom stereocenters. The van der Waals surface area contributed by atoms with Crippen LogP contribution in [0.3, 0.4) is 0 Å². The number of allylic oxidation sites excluding steroid dienone is 1. The van der Waals surface area contributed by atoms with E-state index in [1.807, 2.05) is 18.2 Å². The Balaban J connectivity index is 0. The van der Waals surface area contributed by atoms with Gasteiger partial charge in [0.2, 0.25) is 0 Å². The second-order valence-electron chi connectivity index (χ2n) is 2.12. The number of aromatic hydroxyl groups is 1. The van der Waals surface area contributed by atoms with Crippen LogP contribution in [0.2, 0.25) is 0 Å². The van der Waals surface area contributed by atoms with Gasteiger partial charge in [0.15, 0.2) is 0 Å². The molecule has 0 aliphatic heterocycles. The highest BCUT2D eigenvalue weighted by atomic mass is 79.9. The van der Waals surface area contributed by atoms with Crippen molar-refractivity contribution in [3.8, 4) is 5.75 Å². The lowest BCUT2D eigenvalue weighted by Crippen LogP contribution is -3.00. The molecule has 0 saturated carbocycles. The van der Waals surface area contributed by atoms with Crippen LogP contribution in [0.15, 0.2) is 36.9 Å². The lowest BCUT2D eigenvalue weighted by atomic mass is 10.1. The van der Waals surface area contributed by atoms with E-state index in [9.17, 15) is 5.11 Å². The van der Waals surface area contributed by atoms with E-state index in [0.29, 0.717) is 5.75 Å². The minimum absolute atomic E-state index is 0. The Bertz CT molecular complexity index is 236. The van der Waals surface area contributed by atoms with Crippen LogP contribution in [-0.2, 0) is 6.42 Å². The van der Waals surface area contributed by atoms with Gasteiger partial charge in [-0.05, 0) is 18.1 Å². The topological polar surface area (TPSA) is 20.2 Å². The van der Waals surface area contributed by atoms with Gasteiger partial charge in [0.1, 0.15) is 5.75 Å². The number of benzene rings is 1. The summed E-state index contributed by atoms with van der Waals surface area (Å²) < 4.78 is 0. The van der Waals surface area contributed by atoms with Crippen molar-refractivity contribution < 1.29 is 39.1 Å². The summed E-state index contributed by atoms with van der Waals surface area (Å²) in [6, 6.07) is 7.27. The predicted octanol–water partition coefficient (Wildman–Crippen LogP) is -3.87. The summed E-state index contributed by atoms with van der Waals surface area (Å²) in [6.07, 6.45) is 2.50. The third-order valence-corrected chi connectivity index (χ3v) is 1.36. The molecule has 0 saturated heterocycles. The Morgan fingerprint density at radius 2 is 1.83 bits per heavy atom. The molecule has 0 amide bonds. The molecule has 0 bridgehead atoms. The molecule has 0 radical (unpaired) electrons. The van der Waals surface area contributed by atoms with Crippen LogP contribution >= 0.6 is 0 Å². The van der Waals surface area contributed by atoms with Crippen molar-refractivity contribution in [2.24, 2.45) is 0 Å². The van der Waals surface area contributed by atoms with Crippen LogP contribution in [0.25, 0.3) is 0 Å². The molecule has 0 aliphatic rings. The van der Waals surface area contributed by atoms with Crippen molar-refractivity contribution in [1.29, 1.82) is 0 Å². The van der Waals surface area contributed by atoms with E-state index in [-0.39, 0.29) is 34.0 Å². The smallest absolute Gasteiger partial charge is 0.119 e. The predicted molar refractivity (Wildman–Crippen MR) is 42.0 cm³/mol. The van der Waals surface area contributed by atoms with Crippen LogP contribution in [0.5, 0.6) is 5.75 Å².